The van der Waals surface area contributed by atoms with Gasteiger partial charge in [-0.1, -0.05) is 48.2 Å². The predicted octanol–water partition coefficient (Wildman–Crippen LogP) is 4.32. The van der Waals surface area contributed by atoms with Gasteiger partial charge in [-0.2, -0.15) is 5.10 Å². The number of pyridine rings is 1. The summed E-state index contributed by atoms with van der Waals surface area (Å²) in [5.74, 6) is -0.469. The van der Waals surface area contributed by atoms with Crippen molar-refractivity contribution in [1.82, 2.24) is 4.98 Å². The van der Waals surface area contributed by atoms with Gasteiger partial charge in [-0.3, -0.25) is 10.4 Å². The molecule has 1 aromatic heterocycles. The van der Waals surface area contributed by atoms with Gasteiger partial charge in [-0.05, 0) is 31.2 Å². The number of nitrogens with zero attached hydrogens (tertiary/aromatic N) is 2. The van der Waals surface area contributed by atoms with Crippen molar-refractivity contribution in [1.29, 1.82) is 0 Å². The second-order valence-corrected chi connectivity index (χ2v) is 6.08. The highest BCUT2D eigenvalue weighted by atomic mass is 32.2. The fourth-order valence-electron chi connectivity index (χ4n) is 2.19. The van der Waals surface area contributed by atoms with Gasteiger partial charge < -0.3 is 4.74 Å². The van der Waals surface area contributed by atoms with Crippen LogP contribution in [0.2, 0.25) is 0 Å². The molecule has 5 nitrogen and oxygen atoms in total. The number of nitrogens with one attached hydrogen (secondary N) is 1. The molecule has 1 N–H and O–H groups in total. The van der Waals surface area contributed by atoms with Crippen molar-refractivity contribution < 1.29 is 9.53 Å². The van der Waals surface area contributed by atoms with Gasteiger partial charge in [0.05, 0.1) is 17.8 Å². The fourth-order valence-corrected chi connectivity index (χ4v) is 3.05. The number of ether oxygens (including phenoxy) is 1. The van der Waals surface area contributed by atoms with Crippen LogP contribution in [-0.4, -0.2) is 22.6 Å². The molecule has 1 heterocycles. The number of rotatable bonds is 4. The number of carbonyl (C=O) groups excluding carboxylic acids is 1. The number of benzene rings is 2. The van der Waals surface area contributed by atoms with Crippen molar-refractivity contribution in [3.05, 3.63) is 66.9 Å². The molecule has 0 unspecified atom stereocenters. The monoisotopic (exact) mass is 351 g/mol. The van der Waals surface area contributed by atoms with E-state index in [-0.39, 0.29) is 11.7 Å². The van der Waals surface area contributed by atoms with E-state index >= 15 is 0 Å². The van der Waals surface area contributed by atoms with E-state index in [1.54, 1.807) is 13.1 Å². The maximum Gasteiger partial charge on any atom is 0.365 e. The molecule has 0 fully saturated rings. The summed E-state index contributed by atoms with van der Waals surface area (Å²) in [7, 11) is 0. The van der Waals surface area contributed by atoms with Gasteiger partial charge in [0.15, 0.2) is 0 Å². The van der Waals surface area contributed by atoms with Crippen LogP contribution < -0.4 is 5.43 Å². The predicted molar refractivity (Wildman–Crippen MR) is 102 cm³/mol. The van der Waals surface area contributed by atoms with Crippen LogP contribution in [0.4, 0.5) is 5.69 Å². The molecule has 0 spiro atoms. The van der Waals surface area contributed by atoms with Crippen molar-refractivity contribution in [3.8, 4) is 0 Å². The van der Waals surface area contributed by atoms with E-state index in [1.165, 1.54) is 11.8 Å². The first kappa shape index (κ1) is 17.0. The Labute approximate surface area is 150 Å². The van der Waals surface area contributed by atoms with Gasteiger partial charge in [-0.25, -0.2) is 4.79 Å². The highest BCUT2D eigenvalue weighted by molar-refractivity contribution is 8.15. The van der Waals surface area contributed by atoms with Crippen LogP contribution in [0.3, 0.4) is 0 Å². The molecule has 0 saturated heterocycles. The molecule has 0 bridgehead atoms. The Kier molecular flexibility index (Phi) is 5.64. The summed E-state index contributed by atoms with van der Waals surface area (Å²) in [4.78, 5) is 17.5. The summed E-state index contributed by atoms with van der Waals surface area (Å²) in [6.07, 6.45) is 1.73. The third-order valence-electron chi connectivity index (χ3n) is 3.31. The third-order valence-corrected chi connectivity index (χ3v) is 4.31. The van der Waals surface area contributed by atoms with Crippen molar-refractivity contribution in [3.63, 3.8) is 0 Å². The molecule has 0 aliphatic heterocycles. The zero-order chi connectivity index (χ0) is 17.5. The topological polar surface area (TPSA) is 63.6 Å². The number of hydrazone groups is 1. The average Bonchev–Trinajstić information content (AvgIpc) is 2.66. The second kappa shape index (κ2) is 8.30. The lowest BCUT2D eigenvalue weighted by Gasteiger charge is -2.08. The molecule has 0 aliphatic carbocycles. The molecule has 126 valence electrons. The normalized spacial score (nSPS) is 11.3. The molecule has 0 saturated carbocycles. The summed E-state index contributed by atoms with van der Waals surface area (Å²) in [5.41, 5.74) is 4.52. The second-order valence-electron chi connectivity index (χ2n) is 5.05. The van der Waals surface area contributed by atoms with Crippen LogP contribution in [0.1, 0.15) is 6.92 Å². The fraction of sp³-hybridized carbons (Fsp3) is 0.105. The van der Waals surface area contributed by atoms with Crippen LogP contribution >= 0.6 is 11.8 Å². The highest BCUT2D eigenvalue weighted by Gasteiger charge is 2.17. The lowest BCUT2D eigenvalue weighted by atomic mass is 10.2. The van der Waals surface area contributed by atoms with E-state index in [1.807, 2.05) is 60.7 Å². The smallest absolute Gasteiger partial charge is 0.365 e. The Bertz CT molecular complexity index is 892. The van der Waals surface area contributed by atoms with E-state index in [2.05, 4.69) is 15.5 Å². The van der Waals surface area contributed by atoms with Crippen LogP contribution in [0, 0.1) is 0 Å². The van der Waals surface area contributed by atoms with Gasteiger partial charge in [0.25, 0.3) is 0 Å². The number of fused-ring (bicyclic) bond motifs is 1. The van der Waals surface area contributed by atoms with Crippen molar-refractivity contribution in [2.75, 3.05) is 12.0 Å². The first-order valence-corrected chi connectivity index (χ1v) is 8.67. The number of esters is 1. The van der Waals surface area contributed by atoms with Gasteiger partial charge in [-0.15, -0.1) is 0 Å². The van der Waals surface area contributed by atoms with Crippen LogP contribution in [0.15, 0.2) is 76.9 Å². The molecule has 3 rings (SSSR count). The first-order chi connectivity index (χ1) is 12.3. The summed E-state index contributed by atoms with van der Waals surface area (Å²) >= 11 is 1.24. The van der Waals surface area contributed by atoms with Crippen molar-refractivity contribution in [2.45, 2.75) is 11.8 Å². The molecule has 3 aromatic rings. The summed E-state index contributed by atoms with van der Waals surface area (Å²) < 4.78 is 5.13. The zero-order valence-electron chi connectivity index (χ0n) is 13.7. The van der Waals surface area contributed by atoms with Crippen LogP contribution in [0.25, 0.3) is 10.9 Å². The van der Waals surface area contributed by atoms with Gasteiger partial charge in [0, 0.05) is 16.5 Å². The minimum absolute atomic E-state index is 0.226. The molecule has 0 aliphatic rings. The third kappa shape index (κ3) is 4.36. The van der Waals surface area contributed by atoms with Gasteiger partial charge in [0.1, 0.15) is 0 Å². The Balaban J connectivity index is 1.90. The van der Waals surface area contributed by atoms with E-state index in [4.69, 9.17) is 4.74 Å². The molecule has 0 radical (unpaired) electrons. The van der Waals surface area contributed by atoms with E-state index in [0.29, 0.717) is 0 Å². The SMILES string of the molecule is CCOC(=O)/C(=N/Nc1ccccc1)Sc1cccc2cccnc12. The quantitative estimate of drug-likeness (QED) is 0.249. The number of hydrogen-bond acceptors (Lipinski definition) is 6. The van der Waals surface area contributed by atoms with Crippen LogP contribution in [0.5, 0.6) is 0 Å². The Morgan fingerprint density at radius 3 is 2.72 bits per heavy atom. The average molecular weight is 351 g/mol. The number of carbonyl (C=O) groups is 1. The Morgan fingerprint density at radius 1 is 1.12 bits per heavy atom. The van der Waals surface area contributed by atoms with E-state index in [9.17, 15) is 4.79 Å². The maximum absolute atomic E-state index is 12.3. The lowest BCUT2D eigenvalue weighted by molar-refractivity contribution is -0.134. The zero-order valence-corrected chi connectivity index (χ0v) is 14.5. The van der Waals surface area contributed by atoms with Crippen molar-refractivity contribution in [2.24, 2.45) is 5.10 Å². The van der Waals surface area contributed by atoms with Gasteiger partial charge in [0.2, 0.25) is 5.04 Å². The van der Waals surface area contributed by atoms with Gasteiger partial charge >= 0.3 is 5.97 Å². The lowest BCUT2D eigenvalue weighted by Crippen LogP contribution is -2.16. The molecule has 0 atom stereocenters. The number of anilines is 1. The Morgan fingerprint density at radius 2 is 1.92 bits per heavy atom. The largest absolute Gasteiger partial charge is 0.461 e. The first-order valence-electron chi connectivity index (χ1n) is 7.85. The number of hydrogen-bond donors (Lipinski definition) is 1. The standard InChI is InChI=1S/C19H17N3O2S/c1-2-24-19(23)18(22-21-15-10-4-3-5-11-15)25-16-12-6-8-14-9-7-13-20-17(14)16/h3-13,21H,2H2,1H3/b22-18-. The Hall–Kier alpha value is -2.86. The van der Waals surface area contributed by atoms with E-state index < -0.39 is 5.97 Å². The highest BCUT2D eigenvalue weighted by Crippen LogP contribution is 2.27. The van der Waals surface area contributed by atoms with E-state index in [0.717, 1.165) is 21.5 Å². The van der Waals surface area contributed by atoms with Crippen LogP contribution in [-0.2, 0) is 9.53 Å². The number of para-hydroxylation sites is 2. The molecular formula is C19H17N3O2S. The minimum atomic E-state index is -0.469. The molecule has 6 heteroatoms. The summed E-state index contributed by atoms with van der Waals surface area (Å²) in [5, 5.41) is 5.47. The molecular weight excluding hydrogens is 334 g/mol. The molecule has 2 aromatic carbocycles. The summed E-state index contributed by atoms with van der Waals surface area (Å²) in [6, 6.07) is 19.1. The minimum Gasteiger partial charge on any atom is -0.461 e. The maximum atomic E-state index is 12.3. The number of thioether (sulfide) groups is 1. The molecule has 0 amide bonds. The van der Waals surface area contributed by atoms with Crippen molar-refractivity contribution >= 4 is 39.4 Å². The number of aromatic nitrogens is 1. The molecule has 25 heavy (non-hydrogen) atoms. The summed E-state index contributed by atoms with van der Waals surface area (Å²) in [6.45, 7) is 2.06.